The number of carbonyl (C=O) groups excluding carboxylic acids is 1. The maximum atomic E-state index is 12.5. The first-order chi connectivity index (χ1) is 7.39. The second-order valence-corrected chi connectivity index (χ2v) is 3.90. The van der Waals surface area contributed by atoms with Crippen LogP contribution in [0.25, 0.3) is 0 Å². The van der Waals surface area contributed by atoms with Crippen LogP contribution in [0.3, 0.4) is 0 Å². The highest BCUT2D eigenvalue weighted by molar-refractivity contribution is 6.31. The lowest BCUT2D eigenvalue weighted by molar-refractivity contribution is -0.137. The quantitative estimate of drug-likeness (QED) is 0.752. The molecule has 0 saturated carbocycles. The van der Waals surface area contributed by atoms with Crippen LogP contribution < -0.4 is 5.32 Å². The summed E-state index contributed by atoms with van der Waals surface area (Å²) in [5.74, 6) is -0.483. The van der Waals surface area contributed by atoms with E-state index in [0.29, 0.717) is 18.5 Å². The third-order valence-electron chi connectivity index (χ3n) is 2.42. The lowest BCUT2D eigenvalue weighted by atomic mass is 9.97. The molecule has 86 valence electrons. The van der Waals surface area contributed by atoms with Crippen molar-refractivity contribution in [1.29, 1.82) is 0 Å². The van der Waals surface area contributed by atoms with Crippen molar-refractivity contribution in [2.45, 2.75) is 12.6 Å². The minimum Gasteiger partial charge on any atom is -0.352 e. The van der Waals surface area contributed by atoms with Crippen molar-refractivity contribution < 1.29 is 18.0 Å². The third kappa shape index (κ3) is 1.87. The van der Waals surface area contributed by atoms with Gasteiger partial charge < -0.3 is 5.32 Å². The smallest absolute Gasteiger partial charge is 0.352 e. The monoisotopic (exact) mass is 249 g/mol. The fourth-order valence-electron chi connectivity index (χ4n) is 1.66. The zero-order valence-corrected chi connectivity index (χ0v) is 8.74. The molecule has 1 aliphatic heterocycles. The van der Waals surface area contributed by atoms with E-state index in [1.165, 1.54) is 6.07 Å². The van der Waals surface area contributed by atoms with Crippen molar-refractivity contribution in [1.82, 2.24) is 5.32 Å². The topological polar surface area (TPSA) is 29.1 Å². The average Bonchev–Trinajstić information content (AvgIpc) is 2.15. The van der Waals surface area contributed by atoms with Gasteiger partial charge in [-0.3, -0.25) is 4.79 Å². The zero-order valence-electron chi connectivity index (χ0n) is 7.99. The molecule has 0 aliphatic carbocycles. The summed E-state index contributed by atoms with van der Waals surface area (Å²) in [6.07, 6.45) is -4.04. The van der Waals surface area contributed by atoms with E-state index in [0.717, 1.165) is 6.07 Å². The molecule has 1 amide bonds. The minimum absolute atomic E-state index is 0.0583. The zero-order chi connectivity index (χ0) is 11.9. The number of benzene rings is 1. The fourth-order valence-corrected chi connectivity index (χ4v) is 1.95. The van der Waals surface area contributed by atoms with Gasteiger partial charge in [0.1, 0.15) is 0 Å². The van der Waals surface area contributed by atoms with Crippen LogP contribution in [0.15, 0.2) is 12.1 Å². The van der Waals surface area contributed by atoms with Crippen molar-refractivity contribution in [3.8, 4) is 0 Å². The van der Waals surface area contributed by atoms with E-state index < -0.39 is 17.6 Å². The number of nitrogens with one attached hydrogen (secondary N) is 1. The second-order valence-electron chi connectivity index (χ2n) is 3.49. The number of hydrogen-bond acceptors (Lipinski definition) is 1. The first-order valence-electron chi connectivity index (χ1n) is 4.57. The Morgan fingerprint density at radius 3 is 2.62 bits per heavy atom. The molecule has 2 nitrogen and oxygen atoms in total. The SMILES string of the molecule is O=C1NCCc2cc(Cl)c(C(F)(F)F)cc21. The first kappa shape index (κ1) is 11.3. The lowest BCUT2D eigenvalue weighted by Gasteiger charge is -2.19. The van der Waals surface area contributed by atoms with Crippen LogP contribution in [0.4, 0.5) is 13.2 Å². The molecule has 0 fully saturated rings. The highest BCUT2D eigenvalue weighted by Crippen LogP contribution is 2.36. The molecule has 1 aromatic rings. The maximum absolute atomic E-state index is 12.5. The summed E-state index contributed by atoms with van der Waals surface area (Å²) in [5, 5.41) is 2.13. The summed E-state index contributed by atoms with van der Waals surface area (Å²) in [6.45, 7) is 0.424. The predicted octanol–water partition coefficient (Wildman–Crippen LogP) is 2.64. The van der Waals surface area contributed by atoms with Crippen LogP contribution in [0, 0.1) is 0 Å². The van der Waals surface area contributed by atoms with Crippen molar-refractivity contribution in [3.63, 3.8) is 0 Å². The molecule has 0 radical (unpaired) electrons. The molecule has 6 heteroatoms. The highest BCUT2D eigenvalue weighted by Gasteiger charge is 2.35. The molecule has 1 aromatic carbocycles. The molecule has 1 aliphatic rings. The predicted molar refractivity (Wildman–Crippen MR) is 52.5 cm³/mol. The van der Waals surface area contributed by atoms with Gasteiger partial charge in [0.25, 0.3) is 5.91 Å². The van der Waals surface area contributed by atoms with Gasteiger partial charge in [0.05, 0.1) is 10.6 Å². The van der Waals surface area contributed by atoms with Gasteiger partial charge in [-0.25, -0.2) is 0 Å². The van der Waals surface area contributed by atoms with Gasteiger partial charge >= 0.3 is 6.18 Å². The summed E-state index contributed by atoms with van der Waals surface area (Å²) in [7, 11) is 0. The van der Waals surface area contributed by atoms with Crippen LogP contribution in [0.2, 0.25) is 5.02 Å². The van der Waals surface area contributed by atoms with E-state index in [9.17, 15) is 18.0 Å². The molecule has 1 heterocycles. The Morgan fingerprint density at radius 1 is 1.31 bits per heavy atom. The second kappa shape index (κ2) is 3.66. The summed E-state index contributed by atoms with van der Waals surface area (Å²) in [6, 6.07) is 2.03. The van der Waals surface area contributed by atoms with Gasteiger partial charge in [-0.05, 0) is 24.1 Å². The Bertz CT molecular complexity index is 456. The molecule has 0 atom stereocenters. The van der Waals surface area contributed by atoms with Gasteiger partial charge in [0, 0.05) is 12.1 Å². The largest absolute Gasteiger partial charge is 0.417 e. The standard InChI is InChI=1S/C10H7ClF3NO/c11-8-3-5-1-2-15-9(16)6(5)4-7(8)10(12,13)14/h3-4H,1-2H2,(H,15,16). The number of amides is 1. The van der Waals surface area contributed by atoms with Crippen LogP contribution in [0.1, 0.15) is 21.5 Å². The van der Waals surface area contributed by atoms with E-state index in [1.807, 2.05) is 0 Å². The Labute approximate surface area is 94.4 Å². The number of carbonyl (C=O) groups is 1. The molecule has 0 aromatic heterocycles. The Hall–Kier alpha value is -1.23. The Balaban J connectivity index is 2.59. The highest BCUT2D eigenvalue weighted by atomic mass is 35.5. The Morgan fingerprint density at radius 2 is 2.00 bits per heavy atom. The summed E-state index contributed by atoms with van der Waals surface area (Å²) < 4.78 is 37.6. The van der Waals surface area contributed by atoms with Crippen molar-refractivity contribution >= 4 is 17.5 Å². The molecule has 0 unspecified atom stereocenters. The number of hydrogen-bond donors (Lipinski definition) is 1. The van der Waals surface area contributed by atoms with Crippen molar-refractivity contribution in [2.75, 3.05) is 6.54 Å². The van der Waals surface area contributed by atoms with Crippen LogP contribution in [-0.4, -0.2) is 12.5 Å². The van der Waals surface area contributed by atoms with Gasteiger partial charge in [-0.15, -0.1) is 0 Å². The fraction of sp³-hybridized carbons (Fsp3) is 0.300. The van der Waals surface area contributed by atoms with Gasteiger partial charge in [0.15, 0.2) is 0 Å². The van der Waals surface area contributed by atoms with Crippen LogP contribution in [-0.2, 0) is 12.6 Å². The summed E-state index contributed by atoms with van der Waals surface area (Å²) in [5.41, 5.74) is -0.352. The van der Waals surface area contributed by atoms with Gasteiger partial charge in [0.2, 0.25) is 0 Å². The van der Waals surface area contributed by atoms with Gasteiger partial charge in [-0.1, -0.05) is 11.6 Å². The molecule has 0 saturated heterocycles. The number of alkyl halides is 3. The molecule has 16 heavy (non-hydrogen) atoms. The van der Waals surface area contributed by atoms with E-state index in [4.69, 9.17) is 11.6 Å². The van der Waals surface area contributed by atoms with E-state index in [2.05, 4.69) is 5.32 Å². The van der Waals surface area contributed by atoms with E-state index in [1.54, 1.807) is 0 Å². The van der Waals surface area contributed by atoms with E-state index in [-0.39, 0.29) is 10.6 Å². The lowest BCUT2D eigenvalue weighted by Crippen LogP contribution is -2.32. The van der Waals surface area contributed by atoms with Crippen LogP contribution >= 0.6 is 11.6 Å². The molecule has 0 bridgehead atoms. The number of halogens is 4. The summed E-state index contributed by atoms with van der Waals surface area (Å²) in [4.78, 5) is 11.4. The number of fused-ring (bicyclic) bond motifs is 1. The molecule has 1 N–H and O–H groups in total. The van der Waals surface area contributed by atoms with Crippen molar-refractivity contribution in [3.05, 3.63) is 33.8 Å². The average molecular weight is 250 g/mol. The van der Waals surface area contributed by atoms with Crippen molar-refractivity contribution in [2.24, 2.45) is 0 Å². The van der Waals surface area contributed by atoms with E-state index >= 15 is 0 Å². The summed E-state index contributed by atoms with van der Waals surface area (Å²) >= 11 is 5.54. The maximum Gasteiger partial charge on any atom is 0.417 e. The normalized spacial score (nSPS) is 15.6. The third-order valence-corrected chi connectivity index (χ3v) is 2.74. The number of rotatable bonds is 0. The first-order valence-corrected chi connectivity index (χ1v) is 4.95. The minimum atomic E-state index is -4.54. The molecule has 2 rings (SSSR count). The molecular weight excluding hydrogens is 243 g/mol. The van der Waals surface area contributed by atoms with Crippen LogP contribution in [0.5, 0.6) is 0 Å². The molecule has 0 spiro atoms. The molecular formula is C10H7ClF3NO. The Kier molecular flexibility index (Phi) is 2.58. The van der Waals surface area contributed by atoms with Gasteiger partial charge in [-0.2, -0.15) is 13.2 Å².